The number of benzene rings is 1. The van der Waals surface area contributed by atoms with E-state index >= 15 is 0 Å². The average molecular weight is 245 g/mol. The van der Waals surface area contributed by atoms with E-state index in [1.54, 1.807) is 32.4 Å². The Kier molecular flexibility index (Phi) is 3.79. The van der Waals surface area contributed by atoms with Crippen molar-refractivity contribution in [3.8, 4) is 17.4 Å². The Bertz CT molecular complexity index is 491. The molecule has 0 amide bonds. The number of methoxy groups -OCH3 is 1. The van der Waals surface area contributed by atoms with E-state index in [0.717, 1.165) is 11.3 Å². The van der Waals surface area contributed by atoms with E-state index in [1.807, 2.05) is 24.3 Å². The minimum absolute atomic E-state index is 0.490. The fourth-order valence-electron chi connectivity index (χ4n) is 1.46. The number of aliphatic hydroxyl groups excluding tert-OH is 1. The molecule has 0 aliphatic rings. The van der Waals surface area contributed by atoms with Crippen molar-refractivity contribution in [1.29, 1.82) is 0 Å². The lowest BCUT2D eigenvalue weighted by atomic mass is 10.2. The highest BCUT2D eigenvalue weighted by Crippen LogP contribution is 2.23. The number of aliphatic hydroxyl groups is 1. The van der Waals surface area contributed by atoms with Crippen LogP contribution in [0.5, 0.6) is 17.4 Å². The Morgan fingerprint density at radius 2 is 1.72 bits per heavy atom. The van der Waals surface area contributed by atoms with E-state index < -0.39 is 6.10 Å². The predicted octanol–water partition coefficient (Wildman–Crippen LogP) is 2.94. The number of nitrogens with zero attached hydrogens (tertiary/aromatic N) is 1. The van der Waals surface area contributed by atoms with Crippen LogP contribution < -0.4 is 9.47 Å². The van der Waals surface area contributed by atoms with Gasteiger partial charge in [0.2, 0.25) is 5.88 Å². The van der Waals surface area contributed by atoms with Crippen LogP contribution in [-0.4, -0.2) is 17.2 Å². The monoisotopic (exact) mass is 245 g/mol. The third kappa shape index (κ3) is 2.99. The normalized spacial score (nSPS) is 11.9. The summed E-state index contributed by atoms with van der Waals surface area (Å²) in [4.78, 5) is 4.12. The number of hydrogen-bond acceptors (Lipinski definition) is 4. The second-order valence-corrected chi connectivity index (χ2v) is 3.88. The standard InChI is InChI=1S/C14H15NO3/c1-10(16)11-3-8-14(15-9-11)18-13-6-4-12(17-2)5-7-13/h3-10,16H,1-2H3/t10-/m1/s1. The summed E-state index contributed by atoms with van der Waals surface area (Å²) < 4.78 is 10.6. The third-order valence-electron chi connectivity index (χ3n) is 2.52. The highest BCUT2D eigenvalue weighted by Gasteiger charge is 2.03. The second kappa shape index (κ2) is 5.51. The first-order valence-electron chi connectivity index (χ1n) is 5.65. The van der Waals surface area contributed by atoms with Crippen molar-refractivity contribution in [3.63, 3.8) is 0 Å². The Labute approximate surface area is 106 Å². The molecule has 0 saturated carbocycles. The summed E-state index contributed by atoms with van der Waals surface area (Å²) >= 11 is 0. The molecule has 0 radical (unpaired) electrons. The first-order valence-corrected chi connectivity index (χ1v) is 5.65. The number of ether oxygens (including phenoxy) is 2. The predicted molar refractivity (Wildman–Crippen MR) is 67.9 cm³/mol. The summed E-state index contributed by atoms with van der Waals surface area (Å²) in [6.07, 6.45) is 1.08. The molecule has 4 heteroatoms. The molecule has 94 valence electrons. The molecule has 1 aromatic carbocycles. The zero-order valence-electron chi connectivity index (χ0n) is 10.3. The van der Waals surface area contributed by atoms with Crippen LogP contribution >= 0.6 is 0 Å². The van der Waals surface area contributed by atoms with E-state index in [4.69, 9.17) is 9.47 Å². The van der Waals surface area contributed by atoms with E-state index in [0.29, 0.717) is 11.6 Å². The van der Waals surface area contributed by atoms with E-state index in [9.17, 15) is 5.11 Å². The van der Waals surface area contributed by atoms with Gasteiger partial charge in [-0.1, -0.05) is 0 Å². The lowest BCUT2D eigenvalue weighted by Gasteiger charge is -2.07. The minimum Gasteiger partial charge on any atom is -0.497 e. The highest BCUT2D eigenvalue weighted by molar-refractivity contribution is 5.33. The quantitative estimate of drug-likeness (QED) is 0.899. The van der Waals surface area contributed by atoms with Crippen LogP contribution in [0.1, 0.15) is 18.6 Å². The number of pyridine rings is 1. The van der Waals surface area contributed by atoms with Gasteiger partial charge in [-0.2, -0.15) is 0 Å². The summed E-state index contributed by atoms with van der Waals surface area (Å²) in [7, 11) is 1.62. The maximum absolute atomic E-state index is 9.37. The molecule has 0 bridgehead atoms. The summed E-state index contributed by atoms with van der Waals surface area (Å²) in [6, 6.07) is 10.8. The minimum atomic E-state index is -0.521. The van der Waals surface area contributed by atoms with Crippen LogP contribution in [0, 0.1) is 0 Å². The van der Waals surface area contributed by atoms with Crippen LogP contribution in [0.4, 0.5) is 0 Å². The maximum atomic E-state index is 9.37. The van der Waals surface area contributed by atoms with Crippen molar-refractivity contribution >= 4 is 0 Å². The first kappa shape index (κ1) is 12.4. The van der Waals surface area contributed by atoms with Gasteiger partial charge in [-0.05, 0) is 42.8 Å². The molecular weight excluding hydrogens is 230 g/mol. The Morgan fingerprint density at radius 1 is 1.06 bits per heavy atom. The molecule has 1 aromatic heterocycles. The van der Waals surface area contributed by atoms with E-state index in [1.165, 1.54) is 0 Å². The molecule has 2 rings (SSSR count). The molecule has 2 aromatic rings. The van der Waals surface area contributed by atoms with Crippen LogP contribution in [0.15, 0.2) is 42.6 Å². The van der Waals surface area contributed by atoms with Crippen LogP contribution in [0.25, 0.3) is 0 Å². The zero-order chi connectivity index (χ0) is 13.0. The molecule has 18 heavy (non-hydrogen) atoms. The molecule has 4 nitrogen and oxygen atoms in total. The Balaban J connectivity index is 2.08. The van der Waals surface area contributed by atoms with Gasteiger partial charge in [-0.25, -0.2) is 4.98 Å². The maximum Gasteiger partial charge on any atom is 0.219 e. The van der Waals surface area contributed by atoms with Gasteiger partial charge >= 0.3 is 0 Å². The molecule has 1 N–H and O–H groups in total. The van der Waals surface area contributed by atoms with Gasteiger partial charge < -0.3 is 14.6 Å². The van der Waals surface area contributed by atoms with Crippen molar-refractivity contribution in [3.05, 3.63) is 48.2 Å². The van der Waals surface area contributed by atoms with Gasteiger partial charge in [0.1, 0.15) is 11.5 Å². The number of hydrogen-bond donors (Lipinski definition) is 1. The summed E-state index contributed by atoms with van der Waals surface area (Å²) in [6.45, 7) is 1.70. The zero-order valence-corrected chi connectivity index (χ0v) is 10.3. The van der Waals surface area contributed by atoms with Gasteiger partial charge in [0, 0.05) is 12.3 Å². The molecule has 0 aliphatic carbocycles. The largest absolute Gasteiger partial charge is 0.497 e. The molecule has 0 fully saturated rings. The second-order valence-electron chi connectivity index (χ2n) is 3.88. The van der Waals surface area contributed by atoms with Gasteiger partial charge in [0.05, 0.1) is 13.2 Å². The first-order chi connectivity index (χ1) is 8.69. The van der Waals surface area contributed by atoms with Crippen LogP contribution in [-0.2, 0) is 0 Å². The molecule has 0 unspecified atom stereocenters. The molecule has 0 saturated heterocycles. The SMILES string of the molecule is COc1ccc(Oc2ccc([C@@H](C)O)cn2)cc1. The van der Waals surface area contributed by atoms with E-state index in [-0.39, 0.29) is 0 Å². The van der Waals surface area contributed by atoms with Gasteiger partial charge in [0.15, 0.2) is 0 Å². The summed E-state index contributed by atoms with van der Waals surface area (Å²) in [5.41, 5.74) is 0.761. The molecule has 0 aliphatic heterocycles. The smallest absolute Gasteiger partial charge is 0.219 e. The number of rotatable bonds is 4. The van der Waals surface area contributed by atoms with Gasteiger partial charge in [-0.3, -0.25) is 0 Å². The van der Waals surface area contributed by atoms with E-state index in [2.05, 4.69) is 4.98 Å². The molecular formula is C14H15NO3. The lowest BCUT2D eigenvalue weighted by molar-refractivity contribution is 0.198. The summed E-state index contributed by atoms with van der Waals surface area (Å²) in [5, 5.41) is 9.37. The third-order valence-corrected chi connectivity index (χ3v) is 2.52. The van der Waals surface area contributed by atoms with Crippen LogP contribution in [0.2, 0.25) is 0 Å². The molecule has 1 atom stereocenters. The summed E-state index contributed by atoms with van der Waals surface area (Å²) in [5.74, 6) is 1.96. The number of aromatic nitrogens is 1. The Hall–Kier alpha value is -2.07. The topological polar surface area (TPSA) is 51.6 Å². The van der Waals surface area contributed by atoms with Crippen molar-refractivity contribution in [2.75, 3.05) is 7.11 Å². The van der Waals surface area contributed by atoms with Crippen molar-refractivity contribution < 1.29 is 14.6 Å². The lowest BCUT2D eigenvalue weighted by Crippen LogP contribution is -1.93. The molecule has 0 spiro atoms. The van der Waals surface area contributed by atoms with Crippen molar-refractivity contribution in [1.82, 2.24) is 4.98 Å². The molecule has 1 heterocycles. The van der Waals surface area contributed by atoms with Gasteiger partial charge in [0.25, 0.3) is 0 Å². The fourth-order valence-corrected chi connectivity index (χ4v) is 1.46. The van der Waals surface area contributed by atoms with Gasteiger partial charge in [-0.15, -0.1) is 0 Å². The highest BCUT2D eigenvalue weighted by atomic mass is 16.5. The van der Waals surface area contributed by atoms with Crippen LogP contribution in [0.3, 0.4) is 0 Å². The average Bonchev–Trinajstić information content (AvgIpc) is 2.40. The van der Waals surface area contributed by atoms with Crippen molar-refractivity contribution in [2.45, 2.75) is 13.0 Å². The van der Waals surface area contributed by atoms with Crippen molar-refractivity contribution in [2.24, 2.45) is 0 Å². The Morgan fingerprint density at radius 3 is 2.22 bits per heavy atom. The fraction of sp³-hybridized carbons (Fsp3) is 0.214.